The first kappa shape index (κ1) is 13.7. The molecule has 88 valence electrons. The quantitative estimate of drug-likeness (QED) is 0.259. The van der Waals surface area contributed by atoms with Crippen LogP contribution in [0.5, 0.6) is 0 Å². The van der Waals surface area contributed by atoms with Crippen LogP contribution in [0.4, 0.5) is 0 Å². The highest BCUT2D eigenvalue weighted by atomic mass is 16.5. The van der Waals surface area contributed by atoms with Gasteiger partial charge >= 0.3 is 0 Å². The molecule has 4 N–H and O–H groups in total. The van der Waals surface area contributed by atoms with E-state index in [1.807, 2.05) is 0 Å². The van der Waals surface area contributed by atoms with Gasteiger partial charge in [-0.05, 0) is 6.92 Å². The van der Waals surface area contributed by atoms with Crippen molar-refractivity contribution in [2.24, 2.45) is 16.3 Å². The van der Waals surface area contributed by atoms with Crippen molar-refractivity contribution in [3.05, 3.63) is 0 Å². The normalized spacial score (nSPS) is 14.8. The lowest BCUT2D eigenvalue weighted by atomic mass is 9.92. The van der Waals surface area contributed by atoms with Gasteiger partial charge in [-0.1, -0.05) is 19.0 Å². The van der Waals surface area contributed by atoms with Crippen molar-refractivity contribution >= 4 is 11.7 Å². The Morgan fingerprint density at radius 3 is 2.60 bits per heavy atom. The van der Waals surface area contributed by atoms with E-state index in [2.05, 4.69) is 10.5 Å². The molecule has 0 aliphatic carbocycles. The van der Waals surface area contributed by atoms with E-state index < -0.39 is 11.5 Å². The van der Waals surface area contributed by atoms with Gasteiger partial charge in [-0.2, -0.15) is 0 Å². The van der Waals surface area contributed by atoms with Gasteiger partial charge in [0.25, 0.3) is 0 Å². The Hall–Kier alpha value is -1.30. The number of oxime groups is 1. The van der Waals surface area contributed by atoms with Crippen LogP contribution in [0.3, 0.4) is 0 Å². The smallest absolute Gasteiger partial charge is 0.248 e. The number of nitrogens with two attached hydrogens (primary N) is 1. The molecule has 0 heterocycles. The highest BCUT2D eigenvalue weighted by Crippen LogP contribution is 2.13. The molecule has 15 heavy (non-hydrogen) atoms. The number of rotatable bonds is 5. The van der Waals surface area contributed by atoms with E-state index in [1.54, 1.807) is 20.8 Å². The third-order valence-corrected chi connectivity index (χ3v) is 2.23. The third-order valence-electron chi connectivity index (χ3n) is 2.23. The molecule has 0 aromatic rings. The first-order valence-corrected chi connectivity index (χ1v) is 4.63. The third kappa shape index (κ3) is 4.16. The van der Waals surface area contributed by atoms with Crippen LogP contribution in [0.2, 0.25) is 0 Å². The summed E-state index contributed by atoms with van der Waals surface area (Å²) < 4.78 is 4.84. The van der Waals surface area contributed by atoms with Crippen molar-refractivity contribution in [3.63, 3.8) is 0 Å². The standard InChI is InChI=1S/C9H19N3O3/c1-6(15-4)7(13)11-5-9(2,3)8(10)12-14/h6,14H,5H2,1-4H3,(H2,10,12)(H,11,13). The van der Waals surface area contributed by atoms with Crippen LogP contribution in [0.1, 0.15) is 20.8 Å². The fourth-order valence-corrected chi connectivity index (χ4v) is 0.785. The predicted octanol–water partition coefficient (Wildman–Crippen LogP) is -0.0899. The maximum Gasteiger partial charge on any atom is 0.248 e. The first-order chi connectivity index (χ1) is 6.85. The molecule has 0 radical (unpaired) electrons. The van der Waals surface area contributed by atoms with Crippen molar-refractivity contribution < 1.29 is 14.7 Å². The summed E-state index contributed by atoms with van der Waals surface area (Å²) in [5.74, 6) is -0.149. The average Bonchev–Trinajstić information content (AvgIpc) is 2.23. The van der Waals surface area contributed by atoms with Gasteiger partial charge in [0.2, 0.25) is 5.91 Å². The molecule has 0 bridgehead atoms. The number of carbonyl (C=O) groups is 1. The number of carbonyl (C=O) groups excluding carboxylic acids is 1. The largest absolute Gasteiger partial charge is 0.409 e. The van der Waals surface area contributed by atoms with E-state index in [0.29, 0.717) is 0 Å². The van der Waals surface area contributed by atoms with Crippen molar-refractivity contribution in [2.45, 2.75) is 26.9 Å². The molecular weight excluding hydrogens is 198 g/mol. The minimum Gasteiger partial charge on any atom is -0.409 e. The first-order valence-electron chi connectivity index (χ1n) is 4.63. The van der Waals surface area contributed by atoms with Gasteiger partial charge in [-0.15, -0.1) is 0 Å². The molecule has 0 aromatic carbocycles. The molecule has 0 fully saturated rings. The molecule has 1 atom stereocenters. The van der Waals surface area contributed by atoms with E-state index >= 15 is 0 Å². The highest BCUT2D eigenvalue weighted by molar-refractivity contribution is 5.86. The second-order valence-electron chi connectivity index (χ2n) is 3.96. The number of nitrogens with zero attached hydrogens (tertiary/aromatic N) is 1. The summed E-state index contributed by atoms with van der Waals surface area (Å²) in [6.45, 7) is 5.46. The van der Waals surface area contributed by atoms with Gasteiger partial charge in [0, 0.05) is 19.1 Å². The minimum atomic E-state index is -0.585. The summed E-state index contributed by atoms with van der Waals surface area (Å²) in [5.41, 5.74) is 4.88. The van der Waals surface area contributed by atoms with Crippen molar-refractivity contribution in [2.75, 3.05) is 13.7 Å². The van der Waals surface area contributed by atoms with E-state index in [0.717, 1.165) is 0 Å². The molecule has 6 heteroatoms. The molecule has 0 spiro atoms. The van der Waals surface area contributed by atoms with Gasteiger partial charge in [-0.25, -0.2) is 0 Å². The van der Waals surface area contributed by atoms with Crippen LogP contribution in [0.15, 0.2) is 5.16 Å². The Kier molecular flexibility index (Phi) is 5.07. The van der Waals surface area contributed by atoms with Gasteiger partial charge in [0.1, 0.15) is 11.9 Å². The molecule has 0 saturated carbocycles. The molecule has 0 aliphatic rings. The summed E-state index contributed by atoms with van der Waals surface area (Å²) in [6.07, 6.45) is -0.506. The fraction of sp³-hybridized carbons (Fsp3) is 0.778. The Labute approximate surface area is 89.5 Å². The predicted molar refractivity (Wildman–Crippen MR) is 56.7 cm³/mol. The lowest BCUT2D eigenvalue weighted by molar-refractivity contribution is -0.130. The van der Waals surface area contributed by atoms with Crippen LogP contribution >= 0.6 is 0 Å². The van der Waals surface area contributed by atoms with Crippen LogP contribution in [0.25, 0.3) is 0 Å². The van der Waals surface area contributed by atoms with E-state index in [4.69, 9.17) is 15.7 Å². The van der Waals surface area contributed by atoms with Gasteiger partial charge < -0.3 is 21.0 Å². The molecule has 0 aromatic heterocycles. The maximum atomic E-state index is 11.4. The minimum absolute atomic E-state index is 0.0767. The second kappa shape index (κ2) is 5.55. The monoisotopic (exact) mass is 217 g/mol. The number of nitrogens with one attached hydrogen (secondary N) is 1. The van der Waals surface area contributed by atoms with E-state index in [-0.39, 0.29) is 18.3 Å². The molecule has 0 aliphatic heterocycles. The number of ether oxygens (including phenoxy) is 1. The summed E-state index contributed by atoms with van der Waals surface area (Å²) in [6, 6.07) is 0. The van der Waals surface area contributed by atoms with Crippen LogP contribution in [0, 0.1) is 5.41 Å². The highest BCUT2D eigenvalue weighted by Gasteiger charge is 2.25. The van der Waals surface area contributed by atoms with Crippen LogP contribution in [-0.4, -0.2) is 36.7 Å². The summed E-state index contributed by atoms with van der Waals surface area (Å²) in [4.78, 5) is 11.4. The second-order valence-corrected chi connectivity index (χ2v) is 3.96. The van der Waals surface area contributed by atoms with Gasteiger partial charge in [0.15, 0.2) is 0 Å². The zero-order valence-corrected chi connectivity index (χ0v) is 9.57. The topological polar surface area (TPSA) is 96.9 Å². The number of methoxy groups -OCH3 is 1. The SMILES string of the molecule is COC(C)C(=O)NCC(C)(C)C(N)=NO. The van der Waals surface area contributed by atoms with Gasteiger partial charge in [-0.3, -0.25) is 4.79 Å². The summed E-state index contributed by atoms with van der Waals surface area (Å²) in [5, 5.41) is 14.1. The Morgan fingerprint density at radius 2 is 2.20 bits per heavy atom. The maximum absolute atomic E-state index is 11.4. The lowest BCUT2D eigenvalue weighted by Gasteiger charge is -2.23. The number of hydrogen-bond acceptors (Lipinski definition) is 4. The molecule has 0 rings (SSSR count). The van der Waals surface area contributed by atoms with E-state index in [1.165, 1.54) is 7.11 Å². The fourth-order valence-electron chi connectivity index (χ4n) is 0.785. The Morgan fingerprint density at radius 1 is 1.67 bits per heavy atom. The van der Waals surface area contributed by atoms with E-state index in [9.17, 15) is 4.79 Å². The van der Waals surface area contributed by atoms with Gasteiger partial charge in [0.05, 0.1) is 0 Å². The number of amides is 1. The lowest BCUT2D eigenvalue weighted by Crippen LogP contribution is -2.45. The number of hydrogen-bond donors (Lipinski definition) is 3. The van der Waals surface area contributed by atoms with Crippen molar-refractivity contribution in [1.82, 2.24) is 5.32 Å². The number of amidine groups is 1. The summed E-state index contributed by atoms with van der Waals surface area (Å²) >= 11 is 0. The zero-order chi connectivity index (χ0) is 12.1. The summed E-state index contributed by atoms with van der Waals surface area (Å²) in [7, 11) is 1.46. The molecule has 0 saturated heterocycles. The molecule has 1 amide bonds. The average molecular weight is 217 g/mol. The molecule has 1 unspecified atom stereocenters. The molecular formula is C9H19N3O3. The van der Waals surface area contributed by atoms with Crippen LogP contribution < -0.4 is 11.1 Å². The van der Waals surface area contributed by atoms with Crippen molar-refractivity contribution in [3.8, 4) is 0 Å². The molecule has 6 nitrogen and oxygen atoms in total. The zero-order valence-electron chi connectivity index (χ0n) is 9.57. The van der Waals surface area contributed by atoms with Crippen LogP contribution in [-0.2, 0) is 9.53 Å². The van der Waals surface area contributed by atoms with Crippen molar-refractivity contribution in [1.29, 1.82) is 0 Å². The Bertz CT molecular complexity index is 251. The Balaban J connectivity index is 4.21.